The molecular weight excluding hydrogens is 450 g/mol. The van der Waals surface area contributed by atoms with Gasteiger partial charge >= 0.3 is 5.69 Å². The van der Waals surface area contributed by atoms with Crippen LogP contribution in [0.15, 0.2) is 46.1 Å². The minimum atomic E-state index is -0.888. The zero-order valence-electron chi connectivity index (χ0n) is 20.0. The average Bonchev–Trinajstić information content (AvgIpc) is 2.88. The summed E-state index contributed by atoms with van der Waals surface area (Å²) in [6, 6.07) is 8.45. The van der Waals surface area contributed by atoms with Crippen molar-refractivity contribution in [3.05, 3.63) is 62.9 Å². The first-order valence-corrected chi connectivity index (χ1v) is 11.9. The van der Waals surface area contributed by atoms with E-state index in [1.807, 2.05) is 20.8 Å². The van der Waals surface area contributed by atoms with Gasteiger partial charge in [0, 0.05) is 18.8 Å². The van der Waals surface area contributed by atoms with E-state index in [1.165, 1.54) is 21.7 Å². The fourth-order valence-corrected chi connectivity index (χ4v) is 4.22. The Morgan fingerprint density at radius 2 is 1.94 bits per heavy atom. The molecule has 10 nitrogen and oxygen atoms in total. The number of aromatic nitrogens is 3. The number of H-pyrrole nitrogens is 1. The standard InChI is InChI=1S/C25H29N5O5/c1-4-11-29-21-17(22(31)28-25(29)34)12-15(13-26-21)24(33)30-14-20(23(32)27-16(5-2)6-3)35-19-10-8-7-9-18(19)30/h7-10,12-13,16,20H,4-6,11,14H2,1-3H3,(H,27,32)(H,28,31,34). The third-order valence-electron chi connectivity index (χ3n) is 6.17. The van der Waals surface area contributed by atoms with Crippen molar-refractivity contribution >= 4 is 28.5 Å². The molecule has 4 rings (SSSR count). The van der Waals surface area contributed by atoms with Crippen LogP contribution in [-0.2, 0) is 11.3 Å². The second kappa shape index (κ2) is 10.1. The van der Waals surface area contributed by atoms with Crippen molar-refractivity contribution in [2.75, 3.05) is 11.4 Å². The minimum Gasteiger partial charge on any atom is -0.477 e. The zero-order chi connectivity index (χ0) is 25.1. The predicted octanol–water partition coefficient (Wildman–Crippen LogP) is 2.21. The van der Waals surface area contributed by atoms with Crippen LogP contribution in [-0.4, -0.2) is 45.0 Å². The summed E-state index contributed by atoms with van der Waals surface area (Å²) in [6.07, 6.45) is 2.71. The van der Waals surface area contributed by atoms with Crippen molar-refractivity contribution in [3.8, 4) is 5.75 Å². The Morgan fingerprint density at radius 3 is 2.66 bits per heavy atom. The van der Waals surface area contributed by atoms with E-state index in [9.17, 15) is 19.2 Å². The van der Waals surface area contributed by atoms with Crippen LogP contribution in [0.25, 0.3) is 11.0 Å². The van der Waals surface area contributed by atoms with Gasteiger partial charge in [-0.2, -0.15) is 0 Å². The number of ether oxygens (including phenoxy) is 1. The second-order valence-electron chi connectivity index (χ2n) is 8.52. The largest absolute Gasteiger partial charge is 0.477 e. The molecule has 1 aromatic carbocycles. The van der Waals surface area contributed by atoms with E-state index in [-0.39, 0.29) is 35.1 Å². The molecule has 0 spiro atoms. The predicted molar refractivity (Wildman–Crippen MR) is 132 cm³/mol. The molecule has 35 heavy (non-hydrogen) atoms. The van der Waals surface area contributed by atoms with Crippen molar-refractivity contribution in [1.82, 2.24) is 19.9 Å². The first-order chi connectivity index (χ1) is 16.9. The first-order valence-electron chi connectivity index (χ1n) is 11.9. The van der Waals surface area contributed by atoms with Gasteiger partial charge in [-0.25, -0.2) is 9.78 Å². The normalized spacial score (nSPS) is 15.1. The lowest BCUT2D eigenvalue weighted by Gasteiger charge is -2.34. The fraction of sp³-hybridized carbons (Fsp3) is 0.400. The lowest BCUT2D eigenvalue weighted by Crippen LogP contribution is -2.52. The fourth-order valence-electron chi connectivity index (χ4n) is 4.22. The molecular formula is C25H29N5O5. The molecule has 2 N–H and O–H groups in total. The summed E-state index contributed by atoms with van der Waals surface area (Å²) in [5.74, 6) is -0.300. The third-order valence-corrected chi connectivity index (χ3v) is 6.17. The topological polar surface area (TPSA) is 126 Å². The number of carbonyl (C=O) groups excluding carboxylic acids is 2. The highest BCUT2D eigenvalue weighted by molar-refractivity contribution is 6.08. The summed E-state index contributed by atoms with van der Waals surface area (Å²) >= 11 is 0. The molecule has 10 heteroatoms. The summed E-state index contributed by atoms with van der Waals surface area (Å²) in [5, 5.41) is 3.13. The quantitative estimate of drug-likeness (QED) is 0.535. The van der Waals surface area contributed by atoms with Gasteiger partial charge in [0.1, 0.15) is 11.4 Å². The van der Waals surface area contributed by atoms with E-state index < -0.39 is 23.3 Å². The van der Waals surface area contributed by atoms with Gasteiger partial charge in [-0.05, 0) is 37.5 Å². The smallest absolute Gasteiger partial charge is 0.329 e. The Morgan fingerprint density at radius 1 is 1.20 bits per heavy atom. The number of fused-ring (bicyclic) bond motifs is 2. The maximum atomic E-state index is 13.6. The van der Waals surface area contributed by atoms with Crippen LogP contribution in [0.2, 0.25) is 0 Å². The molecule has 0 saturated heterocycles. The van der Waals surface area contributed by atoms with Gasteiger partial charge in [0.15, 0.2) is 6.10 Å². The number of nitrogens with one attached hydrogen (secondary N) is 2. The van der Waals surface area contributed by atoms with Crippen LogP contribution in [0.1, 0.15) is 50.4 Å². The lowest BCUT2D eigenvalue weighted by molar-refractivity contribution is -0.128. The molecule has 184 valence electrons. The van der Waals surface area contributed by atoms with Gasteiger partial charge in [0.2, 0.25) is 0 Å². The molecule has 3 aromatic rings. The van der Waals surface area contributed by atoms with Gasteiger partial charge < -0.3 is 15.0 Å². The number of anilines is 1. The van der Waals surface area contributed by atoms with E-state index in [0.29, 0.717) is 24.4 Å². The molecule has 0 radical (unpaired) electrons. The van der Waals surface area contributed by atoms with Gasteiger partial charge in [0.05, 0.1) is 23.2 Å². The average molecular weight is 480 g/mol. The molecule has 0 bridgehead atoms. The van der Waals surface area contributed by atoms with Crippen molar-refractivity contribution < 1.29 is 14.3 Å². The van der Waals surface area contributed by atoms with E-state index in [2.05, 4.69) is 15.3 Å². The van der Waals surface area contributed by atoms with E-state index in [1.54, 1.807) is 24.3 Å². The monoisotopic (exact) mass is 479 g/mol. The number of hydrogen-bond donors (Lipinski definition) is 2. The number of nitrogens with zero attached hydrogens (tertiary/aromatic N) is 3. The maximum Gasteiger partial charge on any atom is 0.329 e. The zero-order valence-corrected chi connectivity index (χ0v) is 20.0. The second-order valence-corrected chi connectivity index (χ2v) is 8.52. The Kier molecular flexibility index (Phi) is 6.99. The summed E-state index contributed by atoms with van der Waals surface area (Å²) in [4.78, 5) is 59.3. The Bertz CT molecular complexity index is 1370. The summed E-state index contributed by atoms with van der Waals surface area (Å²) < 4.78 is 7.31. The number of aromatic amines is 1. The maximum absolute atomic E-state index is 13.6. The number of amides is 2. The van der Waals surface area contributed by atoms with Crippen LogP contribution in [0.5, 0.6) is 5.75 Å². The van der Waals surface area contributed by atoms with Gasteiger partial charge in [-0.3, -0.25) is 23.9 Å². The Hall–Kier alpha value is -3.95. The molecule has 0 fully saturated rings. The number of hydrogen-bond acceptors (Lipinski definition) is 6. The van der Waals surface area contributed by atoms with E-state index in [0.717, 1.165) is 12.8 Å². The van der Waals surface area contributed by atoms with E-state index >= 15 is 0 Å². The van der Waals surface area contributed by atoms with Crippen LogP contribution in [0.4, 0.5) is 5.69 Å². The van der Waals surface area contributed by atoms with E-state index in [4.69, 9.17) is 4.74 Å². The number of rotatable bonds is 7. The molecule has 2 aromatic heterocycles. The van der Waals surface area contributed by atoms with Gasteiger partial charge in [0.25, 0.3) is 17.4 Å². The molecule has 0 aliphatic carbocycles. The minimum absolute atomic E-state index is 0.00551. The number of carbonyl (C=O) groups is 2. The van der Waals surface area contributed by atoms with Gasteiger partial charge in [-0.15, -0.1) is 0 Å². The number of benzene rings is 1. The van der Waals surface area contributed by atoms with Crippen LogP contribution in [0.3, 0.4) is 0 Å². The molecule has 2 amide bonds. The van der Waals surface area contributed by atoms with Crippen LogP contribution >= 0.6 is 0 Å². The molecule has 0 saturated carbocycles. The van der Waals surface area contributed by atoms with Gasteiger partial charge in [-0.1, -0.05) is 32.9 Å². The summed E-state index contributed by atoms with van der Waals surface area (Å²) in [7, 11) is 0. The molecule has 1 unspecified atom stereocenters. The SMILES string of the molecule is CCCn1c(=O)[nH]c(=O)c2cc(C(=O)N3CC(C(=O)NC(CC)CC)Oc4ccccc43)cnc21. The Balaban J connectivity index is 1.71. The van der Waals surface area contributed by atoms with Crippen molar-refractivity contribution in [3.63, 3.8) is 0 Å². The number of para-hydroxylation sites is 2. The third kappa shape index (κ3) is 4.68. The van der Waals surface area contributed by atoms with Crippen molar-refractivity contribution in [1.29, 1.82) is 0 Å². The molecule has 1 aliphatic rings. The highest BCUT2D eigenvalue weighted by Gasteiger charge is 2.35. The van der Waals surface area contributed by atoms with Crippen LogP contribution < -0.4 is 26.2 Å². The first kappa shape index (κ1) is 24.2. The van der Waals surface area contributed by atoms with Crippen molar-refractivity contribution in [2.45, 2.75) is 58.7 Å². The molecule has 1 atom stereocenters. The Labute approximate surface area is 201 Å². The van der Waals surface area contributed by atoms with Crippen molar-refractivity contribution in [2.24, 2.45) is 0 Å². The number of aryl methyl sites for hydroxylation is 1. The number of pyridine rings is 1. The molecule has 3 heterocycles. The summed E-state index contributed by atoms with van der Waals surface area (Å²) in [6.45, 7) is 6.29. The highest BCUT2D eigenvalue weighted by atomic mass is 16.5. The lowest BCUT2D eigenvalue weighted by atomic mass is 10.1. The van der Waals surface area contributed by atoms with Crippen LogP contribution in [0, 0.1) is 0 Å². The summed E-state index contributed by atoms with van der Waals surface area (Å²) in [5.41, 5.74) is -0.231. The highest BCUT2D eigenvalue weighted by Crippen LogP contribution is 2.34. The molecule has 1 aliphatic heterocycles.